The van der Waals surface area contributed by atoms with Gasteiger partial charge in [0.05, 0.1) is 19.9 Å². The van der Waals surface area contributed by atoms with Gasteiger partial charge in [0.2, 0.25) is 0 Å². The summed E-state index contributed by atoms with van der Waals surface area (Å²) in [4.78, 5) is 10.7. The number of nitrogens with zero attached hydrogens (tertiary/aromatic N) is 1. The standard InChI is InChI=1S/C17H19N3O3/c1-22-15-9-5-8-14(12-19-20-17(18)21)16(15)23-11-10-13-6-3-2-4-7-13/h2-9,12H,10-11H2,1H3,(H3,18,20,21)/b19-12+. The molecule has 6 heteroatoms. The second-order valence-electron chi connectivity index (χ2n) is 4.70. The molecule has 0 aromatic heterocycles. The summed E-state index contributed by atoms with van der Waals surface area (Å²) < 4.78 is 11.2. The number of hydrazone groups is 1. The van der Waals surface area contributed by atoms with Gasteiger partial charge in [-0.2, -0.15) is 5.10 Å². The number of nitrogens with one attached hydrogen (secondary N) is 1. The number of urea groups is 1. The lowest BCUT2D eigenvalue weighted by Crippen LogP contribution is -2.24. The van der Waals surface area contributed by atoms with Crippen molar-refractivity contribution in [2.24, 2.45) is 10.8 Å². The number of rotatable bonds is 7. The molecule has 0 fully saturated rings. The Kier molecular flexibility index (Phi) is 5.99. The van der Waals surface area contributed by atoms with E-state index in [0.29, 0.717) is 23.7 Å². The van der Waals surface area contributed by atoms with E-state index in [1.54, 1.807) is 13.2 Å². The molecule has 0 aliphatic rings. The predicted octanol–water partition coefficient (Wildman–Crippen LogP) is 2.32. The minimum Gasteiger partial charge on any atom is -0.493 e. The van der Waals surface area contributed by atoms with Gasteiger partial charge in [0.15, 0.2) is 11.5 Å². The normalized spacial score (nSPS) is 10.5. The molecule has 0 aliphatic heterocycles. The summed E-state index contributed by atoms with van der Waals surface area (Å²) in [5.74, 6) is 1.17. The van der Waals surface area contributed by atoms with Crippen molar-refractivity contribution in [3.8, 4) is 11.5 Å². The Bertz CT molecular complexity index is 672. The smallest absolute Gasteiger partial charge is 0.332 e. The van der Waals surface area contributed by atoms with E-state index >= 15 is 0 Å². The average molecular weight is 313 g/mol. The summed E-state index contributed by atoms with van der Waals surface area (Å²) in [6.45, 7) is 0.495. The highest BCUT2D eigenvalue weighted by Crippen LogP contribution is 2.30. The van der Waals surface area contributed by atoms with Crippen LogP contribution in [0.2, 0.25) is 0 Å². The molecule has 0 atom stereocenters. The first-order valence-corrected chi connectivity index (χ1v) is 7.13. The van der Waals surface area contributed by atoms with Crippen molar-refractivity contribution < 1.29 is 14.3 Å². The number of hydrogen-bond acceptors (Lipinski definition) is 4. The van der Waals surface area contributed by atoms with Crippen LogP contribution in [0.5, 0.6) is 11.5 Å². The van der Waals surface area contributed by atoms with E-state index in [1.807, 2.05) is 42.5 Å². The zero-order valence-corrected chi connectivity index (χ0v) is 12.9. The molecular formula is C17H19N3O3. The van der Waals surface area contributed by atoms with Crippen molar-refractivity contribution in [1.29, 1.82) is 0 Å². The highest BCUT2D eigenvalue weighted by atomic mass is 16.5. The molecule has 0 unspecified atom stereocenters. The minimum absolute atomic E-state index is 0.495. The molecule has 0 saturated carbocycles. The quantitative estimate of drug-likeness (QED) is 0.607. The molecule has 2 aromatic rings. The number of amides is 2. The summed E-state index contributed by atoms with van der Waals surface area (Å²) in [7, 11) is 1.57. The van der Waals surface area contributed by atoms with Gasteiger partial charge in [0.25, 0.3) is 0 Å². The molecule has 0 radical (unpaired) electrons. The van der Waals surface area contributed by atoms with Crippen LogP contribution in [0.3, 0.4) is 0 Å². The van der Waals surface area contributed by atoms with Gasteiger partial charge >= 0.3 is 6.03 Å². The monoisotopic (exact) mass is 313 g/mol. The largest absolute Gasteiger partial charge is 0.493 e. The fourth-order valence-corrected chi connectivity index (χ4v) is 2.03. The van der Waals surface area contributed by atoms with Crippen LogP contribution in [-0.2, 0) is 6.42 Å². The first kappa shape index (κ1) is 16.4. The van der Waals surface area contributed by atoms with Crippen LogP contribution in [0.25, 0.3) is 0 Å². The number of primary amides is 1. The van der Waals surface area contributed by atoms with E-state index in [2.05, 4.69) is 10.5 Å². The Morgan fingerprint density at radius 2 is 2.00 bits per heavy atom. The zero-order chi connectivity index (χ0) is 16.5. The van der Waals surface area contributed by atoms with Gasteiger partial charge < -0.3 is 15.2 Å². The summed E-state index contributed by atoms with van der Waals surface area (Å²) >= 11 is 0. The molecular weight excluding hydrogens is 294 g/mol. The molecule has 0 bridgehead atoms. The lowest BCUT2D eigenvalue weighted by molar-refractivity contribution is 0.249. The van der Waals surface area contributed by atoms with E-state index in [9.17, 15) is 4.79 Å². The first-order valence-electron chi connectivity index (χ1n) is 7.13. The van der Waals surface area contributed by atoms with Gasteiger partial charge in [-0.25, -0.2) is 10.2 Å². The number of carbonyl (C=O) groups excluding carboxylic acids is 1. The Morgan fingerprint density at radius 1 is 1.22 bits per heavy atom. The summed E-state index contributed by atoms with van der Waals surface area (Å²) in [6.07, 6.45) is 2.24. The fraction of sp³-hybridized carbons (Fsp3) is 0.176. The number of carbonyl (C=O) groups is 1. The third-order valence-electron chi connectivity index (χ3n) is 3.09. The molecule has 2 aromatic carbocycles. The van der Waals surface area contributed by atoms with Crippen LogP contribution < -0.4 is 20.6 Å². The van der Waals surface area contributed by atoms with E-state index in [0.717, 1.165) is 6.42 Å². The van der Waals surface area contributed by atoms with Crippen molar-refractivity contribution in [1.82, 2.24) is 5.43 Å². The van der Waals surface area contributed by atoms with Crippen LogP contribution in [-0.4, -0.2) is 26.0 Å². The van der Waals surface area contributed by atoms with E-state index < -0.39 is 6.03 Å². The van der Waals surface area contributed by atoms with Crippen LogP contribution in [0, 0.1) is 0 Å². The Hall–Kier alpha value is -3.02. The SMILES string of the molecule is COc1cccc(/C=N/NC(N)=O)c1OCCc1ccccc1. The van der Waals surface area contributed by atoms with Crippen molar-refractivity contribution in [2.45, 2.75) is 6.42 Å². The van der Waals surface area contributed by atoms with Crippen LogP contribution in [0.4, 0.5) is 4.79 Å². The number of benzene rings is 2. The van der Waals surface area contributed by atoms with E-state index in [4.69, 9.17) is 15.2 Å². The Labute approximate surface area is 134 Å². The van der Waals surface area contributed by atoms with Crippen molar-refractivity contribution in [2.75, 3.05) is 13.7 Å². The molecule has 0 heterocycles. The maximum Gasteiger partial charge on any atom is 0.332 e. The van der Waals surface area contributed by atoms with Crippen LogP contribution in [0.15, 0.2) is 53.6 Å². The van der Waals surface area contributed by atoms with E-state index in [-0.39, 0.29) is 0 Å². The molecule has 0 spiro atoms. The molecule has 23 heavy (non-hydrogen) atoms. The lowest BCUT2D eigenvalue weighted by Gasteiger charge is -2.13. The molecule has 0 aliphatic carbocycles. The number of ether oxygens (including phenoxy) is 2. The number of hydrogen-bond donors (Lipinski definition) is 2. The van der Waals surface area contributed by atoms with Gasteiger partial charge in [-0.3, -0.25) is 0 Å². The Morgan fingerprint density at radius 3 is 2.70 bits per heavy atom. The predicted molar refractivity (Wildman–Crippen MR) is 88.9 cm³/mol. The Balaban J connectivity index is 2.08. The molecule has 2 rings (SSSR count). The molecule has 0 saturated heterocycles. The third kappa shape index (κ3) is 5.03. The van der Waals surface area contributed by atoms with Gasteiger partial charge in [-0.05, 0) is 17.7 Å². The summed E-state index contributed by atoms with van der Waals surface area (Å²) in [5.41, 5.74) is 9.00. The molecule has 3 N–H and O–H groups in total. The molecule has 120 valence electrons. The highest BCUT2D eigenvalue weighted by Gasteiger charge is 2.09. The van der Waals surface area contributed by atoms with Crippen LogP contribution >= 0.6 is 0 Å². The maximum atomic E-state index is 10.7. The van der Waals surface area contributed by atoms with Crippen LogP contribution in [0.1, 0.15) is 11.1 Å². The van der Waals surface area contributed by atoms with Crippen molar-refractivity contribution >= 4 is 12.2 Å². The van der Waals surface area contributed by atoms with Gasteiger partial charge in [0, 0.05) is 12.0 Å². The highest BCUT2D eigenvalue weighted by molar-refractivity contribution is 5.86. The fourth-order valence-electron chi connectivity index (χ4n) is 2.03. The minimum atomic E-state index is -0.726. The number of para-hydroxylation sites is 1. The summed E-state index contributed by atoms with van der Waals surface area (Å²) in [6, 6.07) is 14.8. The van der Waals surface area contributed by atoms with Gasteiger partial charge in [0.1, 0.15) is 0 Å². The average Bonchev–Trinajstić information content (AvgIpc) is 2.56. The maximum absolute atomic E-state index is 10.7. The third-order valence-corrected chi connectivity index (χ3v) is 3.09. The van der Waals surface area contributed by atoms with Crippen molar-refractivity contribution in [3.63, 3.8) is 0 Å². The zero-order valence-electron chi connectivity index (χ0n) is 12.9. The topological polar surface area (TPSA) is 85.9 Å². The second kappa shape index (κ2) is 8.43. The number of methoxy groups -OCH3 is 1. The lowest BCUT2D eigenvalue weighted by atomic mass is 10.1. The summed E-state index contributed by atoms with van der Waals surface area (Å²) in [5, 5.41) is 3.76. The molecule has 6 nitrogen and oxygen atoms in total. The second-order valence-corrected chi connectivity index (χ2v) is 4.70. The van der Waals surface area contributed by atoms with Gasteiger partial charge in [-0.15, -0.1) is 0 Å². The first-order chi connectivity index (χ1) is 11.2. The number of nitrogens with two attached hydrogens (primary N) is 1. The van der Waals surface area contributed by atoms with E-state index in [1.165, 1.54) is 11.8 Å². The van der Waals surface area contributed by atoms with Gasteiger partial charge in [-0.1, -0.05) is 36.4 Å². The molecule has 2 amide bonds. The van der Waals surface area contributed by atoms with Crippen molar-refractivity contribution in [3.05, 3.63) is 59.7 Å².